The highest BCUT2D eigenvalue weighted by Gasteiger charge is 2.31. The average Bonchev–Trinajstić information content (AvgIpc) is 2.60. The van der Waals surface area contributed by atoms with E-state index in [1.54, 1.807) is 16.4 Å². The Kier molecular flexibility index (Phi) is 5.91. The first-order valence-corrected chi connectivity index (χ1v) is 11.1. The fraction of sp³-hybridized carbons (Fsp3) is 0.409. The van der Waals surface area contributed by atoms with E-state index in [-0.39, 0.29) is 10.8 Å². The Labute approximate surface area is 167 Å². The minimum absolute atomic E-state index is 0.233. The summed E-state index contributed by atoms with van der Waals surface area (Å²) in [4.78, 5) is 12.7. The molecule has 1 fully saturated rings. The number of benzene rings is 2. The first-order chi connectivity index (χ1) is 13.1. The van der Waals surface area contributed by atoms with Crippen molar-refractivity contribution in [2.24, 2.45) is 11.8 Å². The first kappa shape index (κ1) is 20.6. The van der Waals surface area contributed by atoms with Gasteiger partial charge in [-0.1, -0.05) is 19.9 Å². The van der Waals surface area contributed by atoms with Gasteiger partial charge in [0.05, 0.1) is 4.90 Å². The standard InChI is InChI=1S/C22H28N2O3S/c1-15-9-16(2)12-20(11-15)23-22(25)19-5-7-21(8-6-19)28(26,27)24-13-17(3)10-18(4)14-24/h5-9,11-12,17-18H,10,13-14H2,1-4H3,(H,23,25)/t17-,18-/m0/s1. The van der Waals surface area contributed by atoms with Gasteiger partial charge in [-0.2, -0.15) is 4.31 Å². The molecule has 0 bridgehead atoms. The number of anilines is 1. The van der Waals surface area contributed by atoms with Gasteiger partial charge < -0.3 is 5.32 Å². The molecule has 150 valence electrons. The molecule has 0 radical (unpaired) electrons. The average molecular weight is 401 g/mol. The van der Waals surface area contributed by atoms with Crippen LogP contribution < -0.4 is 5.32 Å². The van der Waals surface area contributed by atoms with Gasteiger partial charge >= 0.3 is 0 Å². The lowest BCUT2D eigenvalue weighted by molar-refractivity contribution is 0.102. The molecule has 0 unspecified atom stereocenters. The highest BCUT2D eigenvalue weighted by Crippen LogP contribution is 2.27. The molecule has 1 aliphatic rings. The molecule has 0 aliphatic carbocycles. The van der Waals surface area contributed by atoms with Crippen LogP contribution in [0.15, 0.2) is 47.4 Å². The van der Waals surface area contributed by atoms with Crippen LogP contribution in [0.3, 0.4) is 0 Å². The van der Waals surface area contributed by atoms with Gasteiger partial charge in [-0.3, -0.25) is 4.79 Å². The van der Waals surface area contributed by atoms with Crippen molar-refractivity contribution in [2.45, 2.75) is 39.0 Å². The summed E-state index contributed by atoms with van der Waals surface area (Å²) in [6.07, 6.45) is 1.05. The van der Waals surface area contributed by atoms with E-state index in [4.69, 9.17) is 0 Å². The summed E-state index contributed by atoms with van der Waals surface area (Å²) in [5, 5.41) is 2.87. The molecule has 2 aromatic rings. The smallest absolute Gasteiger partial charge is 0.255 e. The molecule has 1 N–H and O–H groups in total. The first-order valence-electron chi connectivity index (χ1n) is 9.65. The summed E-state index contributed by atoms with van der Waals surface area (Å²) >= 11 is 0. The fourth-order valence-corrected chi connectivity index (χ4v) is 5.66. The quantitative estimate of drug-likeness (QED) is 0.835. The number of carbonyl (C=O) groups is 1. The van der Waals surface area contributed by atoms with Crippen molar-refractivity contribution in [3.8, 4) is 0 Å². The van der Waals surface area contributed by atoms with Gasteiger partial charge in [-0.15, -0.1) is 0 Å². The third-order valence-corrected chi connectivity index (χ3v) is 6.92. The normalized spacial score (nSPS) is 20.7. The molecule has 28 heavy (non-hydrogen) atoms. The van der Waals surface area contributed by atoms with Crippen LogP contribution in [0.5, 0.6) is 0 Å². The van der Waals surface area contributed by atoms with E-state index in [1.807, 2.05) is 32.0 Å². The van der Waals surface area contributed by atoms with E-state index < -0.39 is 10.0 Å². The predicted molar refractivity (Wildman–Crippen MR) is 112 cm³/mol. The van der Waals surface area contributed by atoms with Gasteiger partial charge in [0, 0.05) is 24.3 Å². The Morgan fingerprint density at radius 1 is 0.964 bits per heavy atom. The number of hydrogen-bond acceptors (Lipinski definition) is 3. The van der Waals surface area contributed by atoms with Crippen LogP contribution in [0.25, 0.3) is 0 Å². The van der Waals surface area contributed by atoms with Crippen molar-refractivity contribution in [1.29, 1.82) is 0 Å². The molecule has 1 aliphatic heterocycles. The van der Waals surface area contributed by atoms with Gasteiger partial charge in [-0.25, -0.2) is 8.42 Å². The maximum absolute atomic E-state index is 13.0. The minimum Gasteiger partial charge on any atom is -0.322 e. The summed E-state index contributed by atoms with van der Waals surface area (Å²) < 4.78 is 27.5. The highest BCUT2D eigenvalue weighted by atomic mass is 32.2. The molecule has 0 saturated carbocycles. The second kappa shape index (κ2) is 8.05. The fourth-order valence-electron chi connectivity index (χ4n) is 3.98. The Bertz CT molecular complexity index is 938. The monoisotopic (exact) mass is 400 g/mol. The number of nitrogens with zero attached hydrogens (tertiary/aromatic N) is 1. The van der Waals surface area contributed by atoms with Crippen molar-refractivity contribution in [3.63, 3.8) is 0 Å². The van der Waals surface area contributed by atoms with Crippen LogP contribution in [0.4, 0.5) is 5.69 Å². The van der Waals surface area contributed by atoms with E-state index in [9.17, 15) is 13.2 Å². The van der Waals surface area contributed by atoms with Crippen molar-refractivity contribution in [1.82, 2.24) is 4.31 Å². The number of amides is 1. The molecule has 1 amide bonds. The molecule has 0 aromatic heterocycles. The summed E-state index contributed by atoms with van der Waals surface area (Å²) in [5.74, 6) is 0.442. The molecule has 1 heterocycles. The molecular weight excluding hydrogens is 372 g/mol. The number of aryl methyl sites for hydroxylation is 2. The molecule has 2 atom stereocenters. The zero-order valence-electron chi connectivity index (χ0n) is 16.9. The molecule has 3 rings (SSSR count). The Morgan fingerprint density at radius 3 is 2.04 bits per heavy atom. The lowest BCUT2D eigenvalue weighted by atomic mass is 9.94. The highest BCUT2D eigenvalue weighted by molar-refractivity contribution is 7.89. The second-order valence-electron chi connectivity index (χ2n) is 8.12. The molecule has 5 nitrogen and oxygen atoms in total. The van der Waals surface area contributed by atoms with Crippen molar-refractivity contribution >= 4 is 21.6 Å². The number of sulfonamides is 1. The molecule has 2 aromatic carbocycles. The van der Waals surface area contributed by atoms with E-state index >= 15 is 0 Å². The maximum atomic E-state index is 13.0. The molecular formula is C22H28N2O3S. The minimum atomic E-state index is -3.54. The van der Waals surface area contributed by atoms with Gasteiger partial charge in [0.15, 0.2) is 0 Å². The lowest BCUT2D eigenvalue weighted by Crippen LogP contribution is -2.42. The van der Waals surface area contributed by atoms with Crippen LogP contribution in [0, 0.1) is 25.7 Å². The van der Waals surface area contributed by atoms with E-state index in [2.05, 4.69) is 19.2 Å². The zero-order valence-corrected chi connectivity index (χ0v) is 17.7. The third-order valence-electron chi connectivity index (χ3n) is 5.07. The van der Waals surface area contributed by atoms with Crippen LogP contribution in [-0.4, -0.2) is 31.7 Å². The van der Waals surface area contributed by atoms with Crippen LogP contribution in [-0.2, 0) is 10.0 Å². The van der Waals surface area contributed by atoms with Crippen LogP contribution in [0.1, 0.15) is 41.8 Å². The lowest BCUT2D eigenvalue weighted by Gasteiger charge is -2.34. The van der Waals surface area contributed by atoms with Gasteiger partial charge in [0.25, 0.3) is 5.91 Å². The zero-order chi connectivity index (χ0) is 20.5. The molecule has 6 heteroatoms. The van der Waals surface area contributed by atoms with Crippen molar-refractivity contribution in [3.05, 3.63) is 59.2 Å². The SMILES string of the molecule is Cc1cc(C)cc(NC(=O)c2ccc(S(=O)(=O)N3C[C@@H](C)C[C@H](C)C3)cc2)c1. The van der Waals surface area contributed by atoms with Crippen molar-refractivity contribution in [2.75, 3.05) is 18.4 Å². The number of piperidine rings is 1. The van der Waals surface area contributed by atoms with Gasteiger partial charge in [-0.05, 0) is 79.6 Å². The molecule has 1 saturated heterocycles. The second-order valence-corrected chi connectivity index (χ2v) is 10.1. The summed E-state index contributed by atoms with van der Waals surface area (Å²) in [6.45, 7) is 9.20. The topological polar surface area (TPSA) is 66.5 Å². The van der Waals surface area contributed by atoms with Crippen LogP contribution >= 0.6 is 0 Å². The van der Waals surface area contributed by atoms with Crippen molar-refractivity contribution < 1.29 is 13.2 Å². The summed E-state index contributed by atoms with van der Waals surface area (Å²) in [6, 6.07) is 12.0. The number of hydrogen-bond donors (Lipinski definition) is 1. The van der Waals surface area contributed by atoms with Crippen LogP contribution in [0.2, 0.25) is 0 Å². The summed E-state index contributed by atoms with van der Waals surface area (Å²) in [5.41, 5.74) is 3.30. The van der Waals surface area contributed by atoms with Gasteiger partial charge in [0.1, 0.15) is 0 Å². The molecule has 0 spiro atoms. The number of rotatable bonds is 4. The van der Waals surface area contributed by atoms with E-state index in [0.29, 0.717) is 30.5 Å². The van der Waals surface area contributed by atoms with E-state index in [0.717, 1.165) is 23.2 Å². The van der Waals surface area contributed by atoms with E-state index in [1.165, 1.54) is 12.1 Å². The number of nitrogens with one attached hydrogen (secondary N) is 1. The maximum Gasteiger partial charge on any atom is 0.255 e. The Balaban J connectivity index is 1.76. The Morgan fingerprint density at radius 2 is 1.50 bits per heavy atom. The summed E-state index contributed by atoms with van der Waals surface area (Å²) in [7, 11) is -3.54. The predicted octanol–water partition coefficient (Wildman–Crippen LogP) is 4.22. The third kappa shape index (κ3) is 4.62. The Hall–Kier alpha value is -2.18. The van der Waals surface area contributed by atoms with Gasteiger partial charge in [0.2, 0.25) is 10.0 Å². The number of carbonyl (C=O) groups excluding carboxylic acids is 1. The largest absolute Gasteiger partial charge is 0.322 e.